The second kappa shape index (κ2) is 3.70. The third-order valence-corrected chi connectivity index (χ3v) is 3.33. The fraction of sp³-hybridized carbons (Fsp3) is 0.583. The summed E-state index contributed by atoms with van der Waals surface area (Å²) in [6.45, 7) is 4.68. The Morgan fingerprint density at radius 3 is 2.79 bits per heavy atom. The van der Waals surface area contributed by atoms with Gasteiger partial charge in [0, 0.05) is 11.9 Å². The third-order valence-electron chi connectivity index (χ3n) is 3.33. The van der Waals surface area contributed by atoms with Crippen LogP contribution in [-0.2, 0) is 19.4 Å². The highest BCUT2D eigenvalue weighted by molar-refractivity contribution is 5.28. The largest absolute Gasteiger partial charge is 0.392 e. The van der Waals surface area contributed by atoms with Crippen molar-refractivity contribution in [3.8, 4) is 0 Å². The van der Waals surface area contributed by atoms with Crippen LogP contribution in [0.15, 0.2) is 12.3 Å². The monoisotopic (exact) mass is 191 g/mol. The van der Waals surface area contributed by atoms with Crippen LogP contribution in [-0.4, -0.2) is 10.1 Å². The maximum atomic E-state index is 9.02. The zero-order valence-corrected chi connectivity index (χ0v) is 8.83. The fourth-order valence-corrected chi connectivity index (χ4v) is 2.09. The van der Waals surface area contributed by atoms with Gasteiger partial charge in [0.2, 0.25) is 0 Å². The second-order valence-electron chi connectivity index (χ2n) is 4.47. The summed E-state index contributed by atoms with van der Waals surface area (Å²) in [5, 5.41) is 9.02. The van der Waals surface area contributed by atoms with E-state index in [4.69, 9.17) is 5.11 Å². The van der Waals surface area contributed by atoms with Gasteiger partial charge in [0.05, 0.1) is 6.61 Å². The molecule has 2 rings (SSSR count). The van der Waals surface area contributed by atoms with Gasteiger partial charge in [0.25, 0.3) is 0 Å². The maximum absolute atomic E-state index is 9.02. The molecule has 1 aromatic heterocycles. The van der Waals surface area contributed by atoms with Crippen molar-refractivity contribution in [2.45, 2.75) is 33.3 Å². The minimum atomic E-state index is 0.101. The van der Waals surface area contributed by atoms with Gasteiger partial charge in [-0.3, -0.25) is 4.98 Å². The normalized spacial score (nSPS) is 25.9. The molecule has 0 saturated carbocycles. The van der Waals surface area contributed by atoms with E-state index < -0.39 is 0 Å². The highest BCUT2D eigenvalue weighted by Gasteiger charge is 2.22. The van der Waals surface area contributed by atoms with Crippen LogP contribution >= 0.6 is 0 Å². The Balaban J connectivity index is 2.33. The summed E-state index contributed by atoms with van der Waals surface area (Å²) >= 11 is 0. The average molecular weight is 191 g/mol. The van der Waals surface area contributed by atoms with Gasteiger partial charge in [-0.15, -0.1) is 0 Å². The summed E-state index contributed by atoms with van der Waals surface area (Å²) in [5.74, 6) is 1.47. The van der Waals surface area contributed by atoms with Gasteiger partial charge in [0.15, 0.2) is 0 Å². The highest BCUT2D eigenvalue weighted by atomic mass is 16.3. The van der Waals surface area contributed by atoms with Crippen LogP contribution in [0.1, 0.15) is 30.7 Å². The molecule has 0 bridgehead atoms. The molecule has 1 aromatic rings. The van der Waals surface area contributed by atoms with Crippen molar-refractivity contribution >= 4 is 0 Å². The van der Waals surface area contributed by atoms with Crippen molar-refractivity contribution in [2.75, 3.05) is 0 Å². The van der Waals surface area contributed by atoms with Crippen LogP contribution in [0.2, 0.25) is 0 Å². The molecule has 1 aliphatic carbocycles. The number of pyridine rings is 1. The molecule has 2 nitrogen and oxygen atoms in total. The van der Waals surface area contributed by atoms with Crippen LogP contribution in [0.5, 0.6) is 0 Å². The third kappa shape index (κ3) is 1.67. The minimum Gasteiger partial charge on any atom is -0.392 e. The first-order valence-electron chi connectivity index (χ1n) is 5.28. The van der Waals surface area contributed by atoms with Gasteiger partial charge >= 0.3 is 0 Å². The molecule has 0 amide bonds. The van der Waals surface area contributed by atoms with E-state index in [1.807, 2.05) is 0 Å². The lowest BCUT2D eigenvalue weighted by molar-refractivity contribution is 0.280. The summed E-state index contributed by atoms with van der Waals surface area (Å²) in [7, 11) is 0. The SMILES string of the molecule is CC1Cc2cc(CO)cnc2CC1C. The van der Waals surface area contributed by atoms with E-state index >= 15 is 0 Å². The Hall–Kier alpha value is -0.890. The summed E-state index contributed by atoms with van der Waals surface area (Å²) in [6.07, 6.45) is 3.99. The number of fused-ring (bicyclic) bond motifs is 1. The molecule has 0 aliphatic heterocycles. The van der Waals surface area contributed by atoms with Crippen LogP contribution in [0, 0.1) is 11.8 Å². The first kappa shape index (κ1) is 9.66. The Labute approximate surface area is 85.0 Å². The van der Waals surface area contributed by atoms with Gasteiger partial charge in [-0.05, 0) is 35.8 Å². The van der Waals surface area contributed by atoms with E-state index in [0.717, 1.165) is 30.2 Å². The van der Waals surface area contributed by atoms with Crippen molar-refractivity contribution in [1.29, 1.82) is 0 Å². The molecule has 0 fully saturated rings. The van der Waals surface area contributed by atoms with Gasteiger partial charge in [0.1, 0.15) is 0 Å². The van der Waals surface area contributed by atoms with E-state index in [9.17, 15) is 0 Å². The first-order valence-corrected chi connectivity index (χ1v) is 5.28. The predicted octanol–water partition coefficient (Wildman–Crippen LogP) is 1.94. The molecule has 0 aromatic carbocycles. The van der Waals surface area contributed by atoms with Crippen LogP contribution in [0.25, 0.3) is 0 Å². The van der Waals surface area contributed by atoms with Crippen LogP contribution in [0.3, 0.4) is 0 Å². The topological polar surface area (TPSA) is 33.1 Å². The molecule has 2 heteroatoms. The Bertz CT molecular complexity index is 335. The number of hydrogen-bond donors (Lipinski definition) is 1. The zero-order chi connectivity index (χ0) is 10.1. The van der Waals surface area contributed by atoms with Crippen LogP contribution in [0.4, 0.5) is 0 Å². The van der Waals surface area contributed by atoms with Gasteiger partial charge in [-0.2, -0.15) is 0 Å². The van der Waals surface area contributed by atoms with Crippen LogP contribution < -0.4 is 0 Å². The lowest BCUT2D eigenvalue weighted by Gasteiger charge is -2.27. The molecule has 2 atom stereocenters. The molecule has 1 N–H and O–H groups in total. The standard InChI is InChI=1S/C12H17NO/c1-8-3-11-5-10(7-14)6-13-12(11)4-9(8)2/h5-6,8-9,14H,3-4,7H2,1-2H3. The molecule has 1 aliphatic rings. The maximum Gasteiger partial charge on any atom is 0.0696 e. The number of nitrogens with zero attached hydrogens (tertiary/aromatic N) is 1. The quantitative estimate of drug-likeness (QED) is 0.736. The van der Waals surface area contributed by atoms with Gasteiger partial charge < -0.3 is 5.11 Å². The molecule has 0 radical (unpaired) electrons. The van der Waals surface area contributed by atoms with Gasteiger partial charge in [-0.25, -0.2) is 0 Å². The van der Waals surface area contributed by atoms with E-state index in [1.165, 1.54) is 11.3 Å². The van der Waals surface area contributed by atoms with E-state index in [-0.39, 0.29) is 6.61 Å². The number of aliphatic hydroxyl groups is 1. The minimum absolute atomic E-state index is 0.101. The average Bonchev–Trinajstić information content (AvgIpc) is 2.19. The number of aliphatic hydroxyl groups excluding tert-OH is 1. The molecule has 2 unspecified atom stereocenters. The van der Waals surface area contributed by atoms with E-state index in [2.05, 4.69) is 24.9 Å². The van der Waals surface area contributed by atoms with Crippen molar-refractivity contribution in [3.63, 3.8) is 0 Å². The van der Waals surface area contributed by atoms with Gasteiger partial charge in [-0.1, -0.05) is 19.9 Å². The zero-order valence-electron chi connectivity index (χ0n) is 8.83. The lowest BCUT2D eigenvalue weighted by atomic mass is 9.80. The first-order chi connectivity index (χ1) is 6.70. The molecular weight excluding hydrogens is 174 g/mol. The predicted molar refractivity (Wildman–Crippen MR) is 55.9 cm³/mol. The van der Waals surface area contributed by atoms with Crippen molar-refractivity contribution in [3.05, 3.63) is 29.1 Å². The summed E-state index contributed by atoms with van der Waals surface area (Å²) in [6, 6.07) is 2.10. The highest BCUT2D eigenvalue weighted by Crippen LogP contribution is 2.28. The number of rotatable bonds is 1. The number of hydrogen-bond acceptors (Lipinski definition) is 2. The molecule has 0 saturated heterocycles. The molecular formula is C12H17NO. The lowest BCUT2D eigenvalue weighted by Crippen LogP contribution is -2.21. The summed E-state index contributed by atoms with van der Waals surface area (Å²) in [4.78, 5) is 4.41. The molecule has 14 heavy (non-hydrogen) atoms. The Morgan fingerprint density at radius 2 is 2.07 bits per heavy atom. The molecule has 0 spiro atoms. The second-order valence-corrected chi connectivity index (χ2v) is 4.47. The van der Waals surface area contributed by atoms with E-state index in [1.54, 1.807) is 6.20 Å². The Kier molecular flexibility index (Phi) is 2.55. The van der Waals surface area contributed by atoms with Crippen molar-refractivity contribution < 1.29 is 5.11 Å². The Morgan fingerprint density at radius 1 is 1.36 bits per heavy atom. The van der Waals surface area contributed by atoms with Crippen molar-refractivity contribution in [1.82, 2.24) is 4.98 Å². The molecule has 76 valence electrons. The van der Waals surface area contributed by atoms with E-state index in [0.29, 0.717) is 0 Å². The molecule has 1 heterocycles. The number of aromatic nitrogens is 1. The van der Waals surface area contributed by atoms with Crippen molar-refractivity contribution in [2.24, 2.45) is 11.8 Å². The summed E-state index contributed by atoms with van der Waals surface area (Å²) in [5.41, 5.74) is 3.50. The summed E-state index contributed by atoms with van der Waals surface area (Å²) < 4.78 is 0. The smallest absolute Gasteiger partial charge is 0.0696 e. The fourth-order valence-electron chi connectivity index (χ4n) is 2.09.